The van der Waals surface area contributed by atoms with E-state index in [1.165, 1.54) is 16.7 Å². The Hall–Kier alpha value is -2.64. The number of nitrogens with two attached hydrogens (primary N) is 1. The lowest BCUT2D eigenvalue weighted by Gasteiger charge is -2.16. The van der Waals surface area contributed by atoms with Crippen molar-refractivity contribution in [1.82, 2.24) is 9.38 Å². The highest BCUT2D eigenvalue weighted by Gasteiger charge is 2.24. The fourth-order valence-electron chi connectivity index (χ4n) is 3.95. The molecule has 1 unspecified atom stereocenters. The van der Waals surface area contributed by atoms with Gasteiger partial charge in [-0.25, -0.2) is 4.98 Å². The molecule has 2 heterocycles. The maximum Gasteiger partial charge on any atom is 0.137 e. The molecule has 2 N–H and O–H groups in total. The number of nitriles is 1. The molecular weight excluding hydrogens is 296 g/mol. The van der Waals surface area contributed by atoms with Gasteiger partial charge in [0.05, 0.1) is 11.1 Å². The molecule has 0 aliphatic heterocycles. The van der Waals surface area contributed by atoms with E-state index in [0.29, 0.717) is 5.56 Å². The number of hydrogen-bond acceptors (Lipinski definition) is 3. The molecule has 1 atom stereocenters. The first kappa shape index (κ1) is 14.9. The molecule has 4 nitrogen and oxygen atoms in total. The second-order valence-electron chi connectivity index (χ2n) is 6.45. The zero-order valence-electron chi connectivity index (χ0n) is 14.0. The maximum absolute atomic E-state index is 9.73. The van der Waals surface area contributed by atoms with E-state index in [-0.39, 0.29) is 6.04 Å². The number of hydrogen-bond donors (Lipinski definition) is 1. The molecular formula is C20H20N4. The molecule has 1 aliphatic rings. The minimum absolute atomic E-state index is 0.120. The fraction of sp³-hybridized carbons (Fsp3) is 0.300. The van der Waals surface area contributed by atoms with Crippen molar-refractivity contribution < 1.29 is 0 Å². The first-order valence-electron chi connectivity index (χ1n) is 8.44. The molecule has 4 heteroatoms. The Morgan fingerprint density at radius 3 is 2.92 bits per heavy atom. The van der Waals surface area contributed by atoms with Crippen LogP contribution in [0.15, 0.2) is 30.5 Å². The van der Waals surface area contributed by atoms with Crippen LogP contribution in [0.5, 0.6) is 0 Å². The van der Waals surface area contributed by atoms with E-state index in [0.717, 1.165) is 41.5 Å². The summed E-state index contributed by atoms with van der Waals surface area (Å²) in [7, 11) is 0. The van der Waals surface area contributed by atoms with Crippen LogP contribution in [-0.2, 0) is 6.42 Å². The van der Waals surface area contributed by atoms with Gasteiger partial charge in [0.2, 0.25) is 0 Å². The topological polar surface area (TPSA) is 67.1 Å². The molecule has 0 bridgehead atoms. The van der Waals surface area contributed by atoms with E-state index in [1.807, 2.05) is 31.3 Å². The number of pyridine rings is 1. The average Bonchev–Trinajstić information content (AvgIpc) is 3.17. The molecule has 4 rings (SSSR count). The maximum atomic E-state index is 9.73. The summed E-state index contributed by atoms with van der Waals surface area (Å²) in [4.78, 5) is 4.76. The Morgan fingerprint density at radius 1 is 1.42 bits per heavy atom. The third kappa shape index (κ3) is 1.98. The Balaban J connectivity index is 2.24. The monoisotopic (exact) mass is 316 g/mol. The van der Waals surface area contributed by atoms with Crippen molar-refractivity contribution in [3.63, 3.8) is 0 Å². The van der Waals surface area contributed by atoms with E-state index in [1.54, 1.807) is 0 Å². The van der Waals surface area contributed by atoms with Gasteiger partial charge in [-0.1, -0.05) is 19.1 Å². The molecule has 1 aliphatic carbocycles. The predicted octanol–water partition coefficient (Wildman–Crippen LogP) is 3.73. The fourth-order valence-corrected chi connectivity index (χ4v) is 3.95. The average molecular weight is 316 g/mol. The molecule has 0 fully saturated rings. The lowest BCUT2D eigenvalue weighted by Crippen LogP contribution is -2.11. The van der Waals surface area contributed by atoms with E-state index < -0.39 is 0 Å². The number of aromatic nitrogens is 2. The molecule has 3 aromatic rings. The van der Waals surface area contributed by atoms with Crippen molar-refractivity contribution in [3.8, 4) is 6.07 Å². The van der Waals surface area contributed by atoms with E-state index in [4.69, 9.17) is 10.7 Å². The largest absolute Gasteiger partial charge is 0.324 e. The van der Waals surface area contributed by atoms with Gasteiger partial charge in [-0.2, -0.15) is 5.26 Å². The number of rotatable bonds is 2. The number of benzene rings is 1. The first-order valence-corrected chi connectivity index (χ1v) is 8.44. The van der Waals surface area contributed by atoms with Gasteiger partial charge in [0.25, 0.3) is 0 Å². The van der Waals surface area contributed by atoms with Crippen molar-refractivity contribution in [2.75, 3.05) is 0 Å². The summed E-state index contributed by atoms with van der Waals surface area (Å²) in [6.45, 7) is 4.19. The molecule has 1 aromatic carbocycles. The second kappa shape index (κ2) is 5.47. The molecule has 0 saturated carbocycles. The zero-order chi connectivity index (χ0) is 16.8. The highest BCUT2D eigenvalue weighted by molar-refractivity contribution is 5.98. The Labute approximate surface area is 141 Å². The SMILES string of the molecule is CCc1c(C)c(C#N)c2nc3ccccn3c2c1C1=CC(N)CC1. The van der Waals surface area contributed by atoms with Crippen molar-refractivity contribution in [3.05, 3.63) is 52.7 Å². The van der Waals surface area contributed by atoms with Gasteiger partial charge in [0.1, 0.15) is 17.2 Å². The molecule has 0 spiro atoms. The standard InChI is InChI=1S/C20H20N4/c1-3-15-12(2)16(11-21)19-20(18(15)13-7-8-14(22)10-13)24-9-5-4-6-17(24)23-19/h4-6,9-10,14H,3,7-8,22H2,1-2H3. The molecule has 120 valence electrons. The van der Waals surface area contributed by atoms with Crippen molar-refractivity contribution in [2.45, 2.75) is 39.2 Å². The van der Waals surface area contributed by atoms with Crippen molar-refractivity contribution in [1.29, 1.82) is 5.26 Å². The third-order valence-electron chi connectivity index (χ3n) is 5.08. The van der Waals surface area contributed by atoms with Crippen molar-refractivity contribution in [2.24, 2.45) is 5.73 Å². The number of imidazole rings is 1. The molecule has 0 amide bonds. The van der Waals surface area contributed by atoms with Gasteiger partial charge in [0, 0.05) is 17.8 Å². The lowest BCUT2D eigenvalue weighted by molar-refractivity contribution is 0.782. The second-order valence-corrected chi connectivity index (χ2v) is 6.45. The summed E-state index contributed by atoms with van der Waals surface area (Å²) in [5, 5.41) is 9.73. The Kier molecular flexibility index (Phi) is 3.40. The van der Waals surface area contributed by atoms with E-state index >= 15 is 0 Å². The van der Waals surface area contributed by atoms with Gasteiger partial charge >= 0.3 is 0 Å². The van der Waals surface area contributed by atoms with Gasteiger partial charge in [0.15, 0.2) is 0 Å². The normalized spacial score (nSPS) is 17.4. The number of nitrogens with zero attached hydrogens (tertiary/aromatic N) is 3. The molecule has 2 aromatic heterocycles. The predicted molar refractivity (Wildman–Crippen MR) is 96.7 cm³/mol. The first-order chi connectivity index (χ1) is 11.7. The quantitative estimate of drug-likeness (QED) is 0.783. The highest BCUT2D eigenvalue weighted by Crippen LogP contribution is 2.39. The summed E-state index contributed by atoms with van der Waals surface area (Å²) in [6, 6.07) is 8.47. The van der Waals surface area contributed by atoms with Crippen LogP contribution in [0.1, 0.15) is 42.0 Å². The van der Waals surface area contributed by atoms with Crippen LogP contribution >= 0.6 is 0 Å². The van der Waals surface area contributed by atoms with E-state index in [9.17, 15) is 5.26 Å². The zero-order valence-corrected chi connectivity index (χ0v) is 14.0. The van der Waals surface area contributed by atoms with Crippen LogP contribution in [0.25, 0.3) is 22.3 Å². The summed E-state index contributed by atoms with van der Waals surface area (Å²) >= 11 is 0. The highest BCUT2D eigenvalue weighted by atomic mass is 15.0. The molecule has 0 saturated heterocycles. The number of allylic oxidation sites excluding steroid dienone is 1. The van der Waals surface area contributed by atoms with Gasteiger partial charge in [-0.15, -0.1) is 0 Å². The van der Waals surface area contributed by atoms with Gasteiger partial charge in [-0.05, 0) is 55.0 Å². The van der Waals surface area contributed by atoms with E-state index in [2.05, 4.69) is 23.5 Å². The summed E-state index contributed by atoms with van der Waals surface area (Å²) < 4.78 is 2.11. The van der Waals surface area contributed by atoms with Crippen LogP contribution in [-0.4, -0.2) is 15.4 Å². The van der Waals surface area contributed by atoms with Crippen LogP contribution in [0, 0.1) is 18.3 Å². The summed E-state index contributed by atoms with van der Waals surface area (Å²) in [6.07, 6.45) is 7.06. The Bertz CT molecular complexity index is 1030. The van der Waals surface area contributed by atoms with Crippen LogP contribution in [0.4, 0.5) is 0 Å². The summed E-state index contributed by atoms with van der Waals surface area (Å²) in [5.74, 6) is 0. The summed E-state index contributed by atoms with van der Waals surface area (Å²) in [5.41, 5.74) is 14.4. The van der Waals surface area contributed by atoms with Crippen molar-refractivity contribution >= 4 is 22.3 Å². The molecule has 0 radical (unpaired) electrons. The van der Waals surface area contributed by atoms with Crippen LogP contribution in [0.3, 0.4) is 0 Å². The third-order valence-corrected chi connectivity index (χ3v) is 5.08. The van der Waals surface area contributed by atoms with Crippen LogP contribution in [0.2, 0.25) is 0 Å². The minimum atomic E-state index is 0.120. The molecule has 24 heavy (non-hydrogen) atoms. The van der Waals surface area contributed by atoms with Gasteiger partial charge in [-0.3, -0.25) is 4.40 Å². The minimum Gasteiger partial charge on any atom is -0.324 e. The number of fused-ring (bicyclic) bond motifs is 3. The Morgan fingerprint density at radius 2 is 2.25 bits per heavy atom. The lowest BCUT2D eigenvalue weighted by atomic mass is 9.89. The smallest absolute Gasteiger partial charge is 0.137 e. The van der Waals surface area contributed by atoms with Gasteiger partial charge < -0.3 is 5.73 Å². The van der Waals surface area contributed by atoms with Crippen LogP contribution < -0.4 is 5.73 Å².